The first kappa shape index (κ1) is 12.3. The van der Waals surface area contributed by atoms with Crippen LogP contribution in [0.4, 0.5) is 5.82 Å². The van der Waals surface area contributed by atoms with Crippen LogP contribution in [0.1, 0.15) is 6.92 Å². The Morgan fingerprint density at radius 2 is 2.29 bits per heavy atom. The highest BCUT2D eigenvalue weighted by atomic mass is 32.2. The standard InChI is InChI=1S/C10H16N4O2S/c1-8-7-14(5-4-12-8)10-3-2-9(6-13-10)17(11,15)16/h2-3,6,8,12H,4-5,7H2,1H3,(H2,11,15,16)/t8-/m0/s1. The fourth-order valence-corrected chi connectivity index (χ4v) is 2.33. The summed E-state index contributed by atoms with van der Waals surface area (Å²) in [5.41, 5.74) is 0. The third-order valence-electron chi connectivity index (χ3n) is 2.74. The van der Waals surface area contributed by atoms with Crippen LogP contribution in [-0.4, -0.2) is 39.1 Å². The highest BCUT2D eigenvalue weighted by molar-refractivity contribution is 7.89. The Kier molecular flexibility index (Phi) is 3.32. The number of hydrogen-bond acceptors (Lipinski definition) is 5. The van der Waals surface area contributed by atoms with E-state index in [9.17, 15) is 8.42 Å². The summed E-state index contributed by atoms with van der Waals surface area (Å²) in [6, 6.07) is 3.59. The van der Waals surface area contributed by atoms with E-state index in [1.807, 2.05) is 0 Å². The van der Waals surface area contributed by atoms with E-state index in [2.05, 4.69) is 22.1 Å². The van der Waals surface area contributed by atoms with E-state index in [1.165, 1.54) is 12.3 Å². The number of sulfonamides is 1. The van der Waals surface area contributed by atoms with Crippen molar-refractivity contribution in [1.29, 1.82) is 0 Å². The molecular formula is C10H16N4O2S. The van der Waals surface area contributed by atoms with Crippen LogP contribution in [0.2, 0.25) is 0 Å². The van der Waals surface area contributed by atoms with Gasteiger partial charge in [0.05, 0.1) is 0 Å². The zero-order chi connectivity index (χ0) is 12.5. The summed E-state index contributed by atoms with van der Waals surface area (Å²) in [7, 11) is -3.65. The molecule has 0 unspecified atom stereocenters. The topological polar surface area (TPSA) is 88.3 Å². The minimum Gasteiger partial charge on any atom is -0.354 e. The Balaban J connectivity index is 2.18. The quantitative estimate of drug-likeness (QED) is 0.746. The molecule has 1 aromatic rings. The van der Waals surface area contributed by atoms with Crippen molar-refractivity contribution < 1.29 is 8.42 Å². The van der Waals surface area contributed by atoms with Crippen LogP contribution in [0, 0.1) is 0 Å². The molecule has 1 saturated heterocycles. The number of hydrogen-bond donors (Lipinski definition) is 2. The fraction of sp³-hybridized carbons (Fsp3) is 0.500. The Morgan fingerprint density at radius 3 is 2.82 bits per heavy atom. The van der Waals surface area contributed by atoms with E-state index in [1.54, 1.807) is 6.07 Å². The lowest BCUT2D eigenvalue weighted by Gasteiger charge is -2.32. The molecule has 1 aliphatic heterocycles. The second kappa shape index (κ2) is 4.59. The van der Waals surface area contributed by atoms with Crippen molar-refractivity contribution in [2.24, 2.45) is 5.14 Å². The fourth-order valence-electron chi connectivity index (χ4n) is 1.87. The Bertz CT molecular complexity index is 486. The SMILES string of the molecule is C[C@H]1CN(c2ccc(S(N)(=O)=O)cn2)CCN1. The monoisotopic (exact) mass is 256 g/mol. The molecule has 7 heteroatoms. The van der Waals surface area contributed by atoms with Crippen molar-refractivity contribution >= 4 is 15.8 Å². The molecule has 2 rings (SSSR count). The summed E-state index contributed by atoms with van der Waals surface area (Å²) >= 11 is 0. The van der Waals surface area contributed by atoms with Crippen LogP contribution in [0.15, 0.2) is 23.2 Å². The molecule has 0 radical (unpaired) electrons. The summed E-state index contributed by atoms with van der Waals surface area (Å²) < 4.78 is 22.2. The summed E-state index contributed by atoms with van der Waals surface area (Å²) in [6.45, 7) is 4.73. The van der Waals surface area contributed by atoms with Crippen LogP contribution in [0.5, 0.6) is 0 Å². The summed E-state index contributed by atoms with van der Waals surface area (Å²) in [5.74, 6) is 0.783. The van der Waals surface area contributed by atoms with Gasteiger partial charge in [0, 0.05) is 31.9 Å². The molecule has 0 bridgehead atoms. The van der Waals surface area contributed by atoms with Gasteiger partial charge in [-0.3, -0.25) is 0 Å². The molecule has 6 nitrogen and oxygen atoms in total. The number of nitrogens with two attached hydrogens (primary N) is 1. The predicted molar refractivity (Wildman–Crippen MR) is 65.3 cm³/mol. The third-order valence-corrected chi connectivity index (χ3v) is 3.64. The molecule has 0 aromatic carbocycles. The van der Waals surface area contributed by atoms with Crippen molar-refractivity contribution in [2.75, 3.05) is 24.5 Å². The number of piperazine rings is 1. The minimum atomic E-state index is -3.65. The van der Waals surface area contributed by atoms with Crippen LogP contribution in [0.25, 0.3) is 0 Å². The molecule has 1 fully saturated rings. The molecule has 1 aliphatic rings. The van der Waals surface area contributed by atoms with Crippen LogP contribution < -0.4 is 15.4 Å². The Hall–Kier alpha value is -1.18. The van der Waals surface area contributed by atoms with Gasteiger partial charge in [-0.1, -0.05) is 0 Å². The highest BCUT2D eigenvalue weighted by Crippen LogP contribution is 2.15. The Morgan fingerprint density at radius 1 is 1.53 bits per heavy atom. The maximum absolute atomic E-state index is 11.1. The number of rotatable bonds is 2. The molecule has 2 heterocycles. The first-order chi connectivity index (χ1) is 7.97. The molecule has 0 saturated carbocycles. The van der Waals surface area contributed by atoms with Crippen LogP contribution >= 0.6 is 0 Å². The van der Waals surface area contributed by atoms with E-state index in [0.29, 0.717) is 6.04 Å². The van der Waals surface area contributed by atoms with E-state index in [4.69, 9.17) is 5.14 Å². The molecule has 3 N–H and O–H groups in total. The average Bonchev–Trinajstić information content (AvgIpc) is 2.28. The largest absolute Gasteiger partial charge is 0.354 e. The van der Waals surface area contributed by atoms with E-state index >= 15 is 0 Å². The molecule has 0 amide bonds. The maximum Gasteiger partial charge on any atom is 0.239 e. The van der Waals surface area contributed by atoms with Crippen molar-refractivity contribution in [2.45, 2.75) is 17.9 Å². The van der Waals surface area contributed by atoms with Gasteiger partial charge in [-0.2, -0.15) is 0 Å². The second-order valence-electron chi connectivity index (χ2n) is 4.20. The lowest BCUT2D eigenvalue weighted by atomic mass is 10.2. The molecule has 17 heavy (non-hydrogen) atoms. The van der Waals surface area contributed by atoms with E-state index in [-0.39, 0.29) is 4.90 Å². The van der Waals surface area contributed by atoms with Gasteiger partial charge in [0.2, 0.25) is 10.0 Å². The average molecular weight is 256 g/mol. The highest BCUT2D eigenvalue weighted by Gasteiger charge is 2.17. The zero-order valence-corrected chi connectivity index (χ0v) is 10.4. The summed E-state index contributed by atoms with van der Waals surface area (Å²) in [4.78, 5) is 6.31. The second-order valence-corrected chi connectivity index (χ2v) is 5.76. The van der Waals surface area contributed by atoms with Crippen LogP contribution in [-0.2, 0) is 10.0 Å². The molecular weight excluding hydrogens is 240 g/mol. The first-order valence-electron chi connectivity index (χ1n) is 5.44. The van der Waals surface area contributed by atoms with Crippen LogP contribution in [0.3, 0.4) is 0 Å². The van der Waals surface area contributed by atoms with Crippen molar-refractivity contribution in [3.8, 4) is 0 Å². The van der Waals surface area contributed by atoms with E-state index < -0.39 is 10.0 Å². The number of aromatic nitrogens is 1. The lowest BCUT2D eigenvalue weighted by Crippen LogP contribution is -2.49. The van der Waals surface area contributed by atoms with Gasteiger partial charge in [-0.25, -0.2) is 18.5 Å². The van der Waals surface area contributed by atoms with Gasteiger partial charge < -0.3 is 10.2 Å². The molecule has 1 atom stereocenters. The molecule has 94 valence electrons. The first-order valence-corrected chi connectivity index (χ1v) is 6.98. The normalized spacial score (nSPS) is 21.5. The lowest BCUT2D eigenvalue weighted by molar-refractivity contribution is 0.482. The van der Waals surface area contributed by atoms with Gasteiger partial charge in [0.25, 0.3) is 0 Å². The van der Waals surface area contributed by atoms with E-state index in [0.717, 1.165) is 25.5 Å². The number of pyridine rings is 1. The van der Waals surface area contributed by atoms with Crippen molar-refractivity contribution in [3.63, 3.8) is 0 Å². The number of nitrogens with zero attached hydrogens (tertiary/aromatic N) is 2. The van der Waals surface area contributed by atoms with Gasteiger partial charge >= 0.3 is 0 Å². The smallest absolute Gasteiger partial charge is 0.239 e. The minimum absolute atomic E-state index is 0.0458. The van der Waals surface area contributed by atoms with Crippen molar-refractivity contribution in [3.05, 3.63) is 18.3 Å². The Labute approximate surface area is 101 Å². The van der Waals surface area contributed by atoms with Gasteiger partial charge in [0.15, 0.2) is 0 Å². The number of primary sulfonamides is 1. The number of nitrogens with one attached hydrogen (secondary N) is 1. The molecule has 0 aliphatic carbocycles. The van der Waals surface area contributed by atoms with Gasteiger partial charge in [-0.05, 0) is 19.1 Å². The summed E-state index contributed by atoms with van der Waals surface area (Å²) in [5, 5.41) is 8.35. The summed E-state index contributed by atoms with van der Waals surface area (Å²) in [6.07, 6.45) is 1.30. The molecule has 0 spiro atoms. The number of anilines is 1. The predicted octanol–water partition coefficient (Wildman–Crippen LogP) is -0.473. The van der Waals surface area contributed by atoms with Gasteiger partial charge in [-0.15, -0.1) is 0 Å². The van der Waals surface area contributed by atoms with Gasteiger partial charge in [0.1, 0.15) is 10.7 Å². The zero-order valence-electron chi connectivity index (χ0n) is 9.63. The maximum atomic E-state index is 11.1. The third kappa shape index (κ3) is 2.93. The molecule has 1 aromatic heterocycles. The van der Waals surface area contributed by atoms with Crippen molar-refractivity contribution in [1.82, 2.24) is 10.3 Å².